The van der Waals surface area contributed by atoms with Gasteiger partial charge < -0.3 is 15.2 Å². The number of halogens is 1. The maximum absolute atomic E-state index is 12.3. The van der Waals surface area contributed by atoms with E-state index < -0.39 is 0 Å². The van der Waals surface area contributed by atoms with Gasteiger partial charge >= 0.3 is 0 Å². The van der Waals surface area contributed by atoms with Gasteiger partial charge in [0.1, 0.15) is 24.0 Å². The monoisotopic (exact) mass is 347 g/mol. The smallest absolute Gasteiger partial charge is 0.231 e. The number of benzene rings is 2. The van der Waals surface area contributed by atoms with Gasteiger partial charge in [-0.3, -0.25) is 4.79 Å². The molecule has 1 heterocycles. The van der Waals surface area contributed by atoms with Gasteiger partial charge in [-0.15, -0.1) is 0 Å². The Balaban J connectivity index is 1.66. The van der Waals surface area contributed by atoms with Crippen molar-refractivity contribution < 1.29 is 14.6 Å². The topological polar surface area (TPSA) is 58.6 Å². The number of fused-ring (bicyclic) bond motifs is 1. The Bertz CT molecular complexity index is 687. The van der Waals surface area contributed by atoms with Crippen LogP contribution in [0, 0.1) is 0 Å². The van der Waals surface area contributed by atoms with Crippen molar-refractivity contribution in [3.8, 4) is 11.5 Å². The number of phenols is 1. The second-order valence-electron chi connectivity index (χ2n) is 4.90. The van der Waals surface area contributed by atoms with Crippen LogP contribution in [0.4, 0.5) is 0 Å². The van der Waals surface area contributed by atoms with Crippen molar-refractivity contribution in [1.82, 2.24) is 5.32 Å². The maximum Gasteiger partial charge on any atom is 0.231 e. The molecule has 108 valence electrons. The summed E-state index contributed by atoms with van der Waals surface area (Å²) in [5.41, 5.74) is 1.85. The zero-order chi connectivity index (χ0) is 14.8. The van der Waals surface area contributed by atoms with Crippen LogP contribution in [0.25, 0.3) is 0 Å². The van der Waals surface area contributed by atoms with Gasteiger partial charge in [-0.25, -0.2) is 0 Å². The molecule has 4 nitrogen and oxygen atoms in total. The highest BCUT2D eigenvalue weighted by molar-refractivity contribution is 9.10. The molecule has 2 N–H and O–H groups in total. The van der Waals surface area contributed by atoms with E-state index in [1.54, 1.807) is 18.2 Å². The van der Waals surface area contributed by atoms with Crippen molar-refractivity contribution in [2.45, 2.75) is 12.5 Å². The molecule has 0 radical (unpaired) electrons. The minimum Gasteiger partial charge on any atom is -0.507 e. The van der Waals surface area contributed by atoms with Gasteiger partial charge in [-0.1, -0.05) is 24.3 Å². The number of phenolic OH excluding ortho intramolecular Hbond substituents is 1. The van der Waals surface area contributed by atoms with Crippen molar-refractivity contribution in [1.29, 1.82) is 0 Å². The molecule has 0 aromatic heterocycles. The predicted octanol–water partition coefficient (Wildman–Crippen LogP) is 2.95. The number of amides is 1. The third-order valence-corrected chi connectivity index (χ3v) is 4.13. The molecular formula is C16H14BrNO3. The highest BCUT2D eigenvalue weighted by Crippen LogP contribution is 2.33. The Morgan fingerprint density at radius 3 is 2.95 bits per heavy atom. The average Bonchev–Trinajstić information content (AvgIpc) is 2.92. The first-order valence-electron chi connectivity index (χ1n) is 6.62. The number of hydrogen-bond acceptors (Lipinski definition) is 3. The van der Waals surface area contributed by atoms with E-state index in [1.165, 1.54) is 0 Å². The molecule has 0 aliphatic carbocycles. The van der Waals surface area contributed by atoms with E-state index in [1.807, 2.05) is 24.3 Å². The van der Waals surface area contributed by atoms with Crippen LogP contribution in [-0.4, -0.2) is 17.6 Å². The Morgan fingerprint density at radius 2 is 2.14 bits per heavy atom. The van der Waals surface area contributed by atoms with Gasteiger partial charge in [0.2, 0.25) is 5.91 Å². The largest absolute Gasteiger partial charge is 0.507 e. The minimum atomic E-state index is -0.262. The van der Waals surface area contributed by atoms with Crippen molar-refractivity contribution in [2.24, 2.45) is 0 Å². The molecule has 0 unspecified atom stereocenters. The van der Waals surface area contributed by atoms with Crippen molar-refractivity contribution in [2.75, 3.05) is 6.61 Å². The summed E-state index contributed by atoms with van der Waals surface area (Å²) in [6, 6.07) is 12.8. The molecule has 0 fully saturated rings. The van der Waals surface area contributed by atoms with Gasteiger partial charge in [-0.2, -0.15) is 0 Å². The zero-order valence-electron chi connectivity index (χ0n) is 11.2. The molecule has 0 saturated carbocycles. The number of para-hydroxylation sites is 1. The molecule has 1 aliphatic heterocycles. The number of carbonyl (C=O) groups is 1. The van der Waals surface area contributed by atoms with E-state index in [2.05, 4.69) is 21.2 Å². The van der Waals surface area contributed by atoms with Crippen molar-refractivity contribution >= 4 is 21.8 Å². The van der Waals surface area contributed by atoms with Crippen LogP contribution < -0.4 is 10.1 Å². The number of hydrogen-bond donors (Lipinski definition) is 2. The fourth-order valence-corrected chi connectivity index (χ4v) is 2.78. The normalized spacial score (nSPS) is 16.1. The van der Waals surface area contributed by atoms with Crippen LogP contribution >= 0.6 is 15.9 Å². The summed E-state index contributed by atoms with van der Waals surface area (Å²) < 4.78 is 6.13. The summed E-state index contributed by atoms with van der Waals surface area (Å²) in [4.78, 5) is 12.3. The predicted molar refractivity (Wildman–Crippen MR) is 82.3 cm³/mol. The van der Waals surface area contributed by atoms with Gasteiger partial charge in [0, 0.05) is 12.1 Å². The van der Waals surface area contributed by atoms with Crippen LogP contribution in [0.3, 0.4) is 0 Å². The number of rotatable bonds is 3. The third-order valence-electron chi connectivity index (χ3n) is 3.50. The third kappa shape index (κ3) is 2.88. The molecule has 0 bridgehead atoms. The molecule has 1 aliphatic rings. The van der Waals surface area contributed by atoms with E-state index in [-0.39, 0.29) is 17.6 Å². The van der Waals surface area contributed by atoms with E-state index in [9.17, 15) is 9.90 Å². The lowest BCUT2D eigenvalue weighted by Crippen LogP contribution is -2.29. The molecule has 5 heteroatoms. The van der Waals surface area contributed by atoms with Gasteiger partial charge in [0.15, 0.2) is 0 Å². The van der Waals surface area contributed by atoms with Crippen LogP contribution in [0.1, 0.15) is 17.0 Å². The molecule has 1 amide bonds. The first-order chi connectivity index (χ1) is 10.1. The van der Waals surface area contributed by atoms with Gasteiger partial charge in [-0.05, 0) is 39.7 Å². The summed E-state index contributed by atoms with van der Waals surface area (Å²) in [6.45, 7) is 0.792. The lowest BCUT2D eigenvalue weighted by atomic mass is 10.0. The number of ether oxygens (including phenoxy) is 1. The molecule has 2 aromatic carbocycles. The lowest BCUT2D eigenvalue weighted by molar-refractivity contribution is -0.122. The molecule has 3 rings (SSSR count). The first kappa shape index (κ1) is 13.9. The van der Waals surface area contributed by atoms with Crippen LogP contribution in [0.5, 0.6) is 11.5 Å². The quantitative estimate of drug-likeness (QED) is 0.897. The van der Waals surface area contributed by atoms with E-state index in [0.29, 0.717) is 17.6 Å². The maximum atomic E-state index is 12.3. The highest BCUT2D eigenvalue weighted by Gasteiger charge is 2.29. The molecule has 1 atom stereocenters. The fraction of sp³-hybridized carbons (Fsp3) is 0.188. The highest BCUT2D eigenvalue weighted by atomic mass is 79.9. The summed E-state index contributed by atoms with van der Waals surface area (Å²) >= 11 is 3.26. The van der Waals surface area contributed by atoms with Crippen molar-refractivity contribution in [3.63, 3.8) is 0 Å². The summed E-state index contributed by atoms with van der Waals surface area (Å²) in [6.07, 6.45) is 0. The zero-order valence-corrected chi connectivity index (χ0v) is 12.8. The van der Waals surface area contributed by atoms with Crippen LogP contribution in [-0.2, 0) is 11.3 Å². The summed E-state index contributed by atoms with van der Waals surface area (Å²) in [5, 5.41) is 12.4. The molecule has 0 spiro atoms. The minimum absolute atomic E-state index is 0.0517. The van der Waals surface area contributed by atoms with Crippen LogP contribution in [0.2, 0.25) is 0 Å². The van der Waals surface area contributed by atoms with E-state index >= 15 is 0 Å². The number of aromatic hydroxyl groups is 1. The molecule has 0 saturated heterocycles. The second-order valence-corrected chi connectivity index (χ2v) is 5.76. The molecule has 21 heavy (non-hydrogen) atoms. The summed E-state index contributed by atoms with van der Waals surface area (Å²) in [7, 11) is 0. The molecule has 2 aromatic rings. The fourth-order valence-electron chi connectivity index (χ4n) is 2.35. The van der Waals surface area contributed by atoms with Gasteiger partial charge in [0.25, 0.3) is 0 Å². The average molecular weight is 348 g/mol. The van der Waals surface area contributed by atoms with E-state index in [0.717, 1.165) is 16.9 Å². The Labute approximate surface area is 130 Å². The Kier molecular flexibility index (Phi) is 3.84. The van der Waals surface area contributed by atoms with E-state index in [4.69, 9.17) is 4.74 Å². The second kappa shape index (κ2) is 5.77. The molecular weight excluding hydrogens is 334 g/mol. The number of nitrogens with one attached hydrogen (secondary N) is 1. The Hall–Kier alpha value is -2.01. The standard InChI is InChI=1S/C16H14BrNO3/c17-13-7-10(5-6-14(13)19)8-18-16(20)12-9-21-15-4-2-1-3-11(12)15/h1-7,12,19H,8-9H2,(H,18,20)/t12-/m0/s1. The summed E-state index contributed by atoms with van der Waals surface area (Å²) in [5.74, 6) is 0.652. The van der Waals surface area contributed by atoms with Crippen LogP contribution in [0.15, 0.2) is 46.9 Å². The number of carbonyl (C=O) groups excluding carboxylic acids is 1. The first-order valence-corrected chi connectivity index (χ1v) is 7.41. The Morgan fingerprint density at radius 1 is 1.33 bits per heavy atom. The van der Waals surface area contributed by atoms with Crippen molar-refractivity contribution in [3.05, 3.63) is 58.1 Å². The SMILES string of the molecule is O=C(NCc1ccc(O)c(Br)c1)[C@H]1COc2ccccc21. The lowest BCUT2D eigenvalue weighted by Gasteiger charge is -2.10. The van der Waals surface area contributed by atoms with Gasteiger partial charge in [0.05, 0.1) is 4.47 Å².